The van der Waals surface area contributed by atoms with Gasteiger partial charge in [-0.05, 0) is 45.6 Å². The number of likely N-dealkylation sites (tertiary alicyclic amines) is 1. The van der Waals surface area contributed by atoms with Crippen molar-refractivity contribution in [2.75, 3.05) is 46.8 Å². The fourth-order valence-corrected chi connectivity index (χ4v) is 3.00. The molecule has 0 bridgehead atoms. The minimum Gasteiger partial charge on any atom is -0.302 e. The molecule has 1 atom stereocenters. The molecule has 1 unspecified atom stereocenters. The van der Waals surface area contributed by atoms with E-state index in [1.165, 1.54) is 25.9 Å². The molecule has 1 aliphatic rings. The molecule has 0 spiro atoms. The summed E-state index contributed by atoms with van der Waals surface area (Å²) < 4.78 is 0. The van der Waals surface area contributed by atoms with Crippen LogP contribution in [-0.4, -0.2) is 56.6 Å². The topological polar surface area (TPSA) is 42.3 Å². The molecular formula is C17H26N4. The molecule has 1 N–H and O–H groups in total. The van der Waals surface area contributed by atoms with Gasteiger partial charge in [0.1, 0.15) is 5.54 Å². The summed E-state index contributed by atoms with van der Waals surface area (Å²) >= 11 is 0. The van der Waals surface area contributed by atoms with Crippen LogP contribution in [0.2, 0.25) is 0 Å². The third kappa shape index (κ3) is 4.04. The van der Waals surface area contributed by atoms with Crippen LogP contribution in [0.25, 0.3) is 0 Å². The summed E-state index contributed by atoms with van der Waals surface area (Å²) in [4.78, 5) is 4.76. The Morgan fingerprint density at radius 1 is 1.29 bits per heavy atom. The van der Waals surface area contributed by atoms with E-state index >= 15 is 0 Å². The van der Waals surface area contributed by atoms with Crippen molar-refractivity contribution < 1.29 is 0 Å². The lowest BCUT2D eigenvalue weighted by atomic mass is 9.91. The lowest BCUT2D eigenvalue weighted by Gasteiger charge is -2.32. The van der Waals surface area contributed by atoms with Gasteiger partial charge in [0.25, 0.3) is 0 Å². The van der Waals surface area contributed by atoms with E-state index in [-0.39, 0.29) is 0 Å². The molecule has 21 heavy (non-hydrogen) atoms. The minimum atomic E-state index is -0.638. The van der Waals surface area contributed by atoms with E-state index in [4.69, 9.17) is 0 Å². The lowest BCUT2D eigenvalue weighted by Crippen LogP contribution is -2.48. The van der Waals surface area contributed by atoms with Crippen LogP contribution in [0.5, 0.6) is 0 Å². The summed E-state index contributed by atoms with van der Waals surface area (Å²) in [5.41, 5.74) is 0.393. The Morgan fingerprint density at radius 2 is 1.95 bits per heavy atom. The second-order valence-corrected chi connectivity index (χ2v) is 5.92. The van der Waals surface area contributed by atoms with E-state index in [2.05, 4.69) is 28.2 Å². The van der Waals surface area contributed by atoms with Gasteiger partial charge in [0.15, 0.2) is 0 Å². The standard InChI is InChI=1S/C17H26N4/c1-19-17(14-18,16-8-4-3-5-9-16)15-20(2)12-13-21-10-6-7-11-21/h3-5,8-9,19H,6-7,10-13,15H2,1-2H3. The van der Waals surface area contributed by atoms with Crippen LogP contribution >= 0.6 is 0 Å². The number of hydrogen-bond donors (Lipinski definition) is 1. The van der Waals surface area contributed by atoms with E-state index in [9.17, 15) is 5.26 Å². The van der Waals surface area contributed by atoms with Gasteiger partial charge in [-0.1, -0.05) is 30.3 Å². The molecule has 0 amide bonds. The van der Waals surface area contributed by atoms with Crippen LogP contribution in [0.1, 0.15) is 18.4 Å². The highest BCUT2D eigenvalue weighted by molar-refractivity contribution is 5.31. The number of likely N-dealkylation sites (N-methyl/N-ethyl adjacent to an activating group) is 2. The summed E-state index contributed by atoms with van der Waals surface area (Å²) in [6.45, 7) is 5.23. The van der Waals surface area contributed by atoms with E-state index < -0.39 is 5.54 Å². The number of hydrogen-bond acceptors (Lipinski definition) is 4. The average molecular weight is 286 g/mol. The first-order valence-electron chi connectivity index (χ1n) is 7.77. The third-order valence-electron chi connectivity index (χ3n) is 4.39. The Bertz CT molecular complexity index is 461. The molecule has 0 saturated carbocycles. The first-order chi connectivity index (χ1) is 10.2. The van der Waals surface area contributed by atoms with Gasteiger partial charge in [0.05, 0.1) is 6.07 Å². The Hall–Kier alpha value is -1.41. The number of nitrogens with one attached hydrogen (secondary N) is 1. The molecule has 114 valence electrons. The third-order valence-corrected chi connectivity index (χ3v) is 4.39. The predicted octanol–water partition coefficient (Wildman–Crippen LogP) is 1.65. The van der Waals surface area contributed by atoms with Crippen molar-refractivity contribution in [3.8, 4) is 6.07 Å². The van der Waals surface area contributed by atoms with Crippen LogP contribution in [0.3, 0.4) is 0 Å². The second kappa shape index (κ2) is 7.56. The zero-order chi connectivity index (χ0) is 15.1. The van der Waals surface area contributed by atoms with Crippen LogP contribution in [0, 0.1) is 11.3 Å². The maximum atomic E-state index is 9.71. The number of nitrogens with zero attached hydrogens (tertiary/aromatic N) is 3. The quantitative estimate of drug-likeness (QED) is 0.828. The molecule has 1 aromatic rings. The zero-order valence-corrected chi connectivity index (χ0v) is 13.2. The normalized spacial score (nSPS) is 18.6. The van der Waals surface area contributed by atoms with Crippen molar-refractivity contribution in [1.29, 1.82) is 5.26 Å². The molecule has 0 radical (unpaired) electrons. The highest BCUT2D eigenvalue weighted by Crippen LogP contribution is 2.21. The van der Waals surface area contributed by atoms with Crippen molar-refractivity contribution in [2.24, 2.45) is 0 Å². The van der Waals surface area contributed by atoms with Gasteiger partial charge in [-0.3, -0.25) is 5.32 Å². The fourth-order valence-electron chi connectivity index (χ4n) is 3.00. The summed E-state index contributed by atoms with van der Waals surface area (Å²) in [7, 11) is 3.97. The molecule has 1 heterocycles. The van der Waals surface area contributed by atoms with Crippen molar-refractivity contribution in [2.45, 2.75) is 18.4 Å². The van der Waals surface area contributed by atoms with E-state index in [0.717, 1.165) is 18.7 Å². The van der Waals surface area contributed by atoms with Crippen LogP contribution < -0.4 is 5.32 Å². The minimum absolute atomic E-state index is 0.638. The molecule has 1 aromatic carbocycles. The van der Waals surface area contributed by atoms with Crippen molar-refractivity contribution in [3.63, 3.8) is 0 Å². The van der Waals surface area contributed by atoms with Gasteiger partial charge < -0.3 is 9.80 Å². The van der Waals surface area contributed by atoms with Crippen LogP contribution in [0.15, 0.2) is 30.3 Å². The van der Waals surface area contributed by atoms with Crippen molar-refractivity contribution in [3.05, 3.63) is 35.9 Å². The molecule has 4 heteroatoms. The molecule has 0 aliphatic carbocycles. The van der Waals surface area contributed by atoms with Crippen LogP contribution in [0.4, 0.5) is 0 Å². The second-order valence-electron chi connectivity index (χ2n) is 5.92. The molecule has 4 nitrogen and oxygen atoms in total. The Kier molecular flexibility index (Phi) is 5.75. The van der Waals surface area contributed by atoms with Gasteiger partial charge >= 0.3 is 0 Å². The highest BCUT2D eigenvalue weighted by atomic mass is 15.2. The first kappa shape index (κ1) is 16.0. The van der Waals surface area contributed by atoms with Crippen molar-refractivity contribution >= 4 is 0 Å². The Labute approximate surface area is 128 Å². The lowest BCUT2D eigenvalue weighted by molar-refractivity contribution is 0.220. The van der Waals surface area contributed by atoms with Crippen molar-refractivity contribution in [1.82, 2.24) is 15.1 Å². The molecule has 2 rings (SSSR count). The smallest absolute Gasteiger partial charge is 0.144 e. The molecule has 1 saturated heterocycles. The summed E-state index contributed by atoms with van der Waals surface area (Å²) in [5, 5.41) is 12.9. The predicted molar refractivity (Wildman–Crippen MR) is 86.0 cm³/mol. The van der Waals surface area contributed by atoms with Gasteiger partial charge in [0.2, 0.25) is 0 Å². The fraction of sp³-hybridized carbons (Fsp3) is 0.588. The summed E-state index contributed by atoms with van der Waals surface area (Å²) in [6.07, 6.45) is 2.65. The molecular weight excluding hydrogens is 260 g/mol. The Morgan fingerprint density at radius 3 is 2.52 bits per heavy atom. The summed E-state index contributed by atoms with van der Waals surface area (Å²) in [5.74, 6) is 0. The number of benzene rings is 1. The summed E-state index contributed by atoms with van der Waals surface area (Å²) in [6, 6.07) is 12.5. The maximum Gasteiger partial charge on any atom is 0.144 e. The Balaban J connectivity index is 1.97. The highest BCUT2D eigenvalue weighted by Gasteiger charge is 2.31. The van der Waals surface area contributed by atoms with E-state index in [1.54, 1.807) is 0 Å². The molecule has 0 aromatic heterocycles. The SMILES string of the molecule is CNC(C#N)(CN(C)CCN1CCCC1)c1ccccc1. The van der Waals surface area contributed by atoms with Gasteiger partial charge in [0, 0.05) is 19.6 Å². The monoisotopic (exact) mass is 286 g/mol. The van der Waals surface area contributed by atoms with Gasteiger partial charge in [-0.25, -0.2) is 0 Å². The van der Waals surface area contributed by atoms with E-state index in [1.807, 2.05) is 37.4 Å². The largest absolute Gasteiger partial charge is 0.302 e. The molecule has 1 fully saturated rings. The average Bonchev–Trinajstić information content (AvgIpc) is 3.05. The number of nitriles is 1. The van der Waals surface area contributed by atoms with Crippen LogP contribution in [-0.2, 0) is 5.54 Å². The van der Waals surface area contributed by atoms with Gasteiger partial charge in [-0.15, -0.1) is 0 Å². The molecule has 1 aliphatic heterocycles. The number of rotatable bonds is 7. The zero-order valence-electron chi connectivity index (χ0n) is 13.2. The maximum absolute atomic E-state index is 9.71. The van der Waals surface area contributed by atoms with Gasteiger partial charge in [-0.2, -0.15) is 5.26 Å². The first-order valence-corrected chi connectivity index (χ1v) is 7.77. The van der Waals surface area contributed by atoms with E-state index in [0.29, 0.717) is 6.54 Å².